The lowest BCUT2D eigenvalue weighted by molar-refractivity contribution is 0.00230. The molecule has 1 saturated heterocycles. The maximum absolute atomic E-state index is 6.00. The number of hydrogen-bond acceptors (Lipinski definition) is 2. The van der Waals surface area contributed by atoms with Crippen molar-refractivity contribution in [2.75, 3.05) is 6.61 Å². The Bertz CT molecular complexity index is 295. The first kappa shape index (κ1) is 9.74. The zero-order valence-corrected chi connectivity index (χ0v) is 8.65. The topological polar surface area (TPSA) is 40.2 Å². The van der Waals surface area contributed by atoms with Crippen LogP contribution >= 0.6 is 0 Å². The minimum atomic E-state index is 0.212. The molecule has 2 heterocycles. The minimum absolute atomic E-state index is 0.212. The van der Waals surface area contributed by atoms with E-state index in [1.54, 1.807) is 0 Å². The zero-order chi connectivity index (χ0) is 9.97. The third-order valence-electron chi connectivity index (χ3n) is 2.82. The van der Waals surface area contributed by atoms with Crippen LogP contribution in [-0.4, -0.2) is 23.3 Å². The first-order chi connectivity index (χ1) is 6.75. The summed E-state index contributed by atoms with van der Waals surface area (Å²) in [5.74, 6) is 0. The van der Waals surface area contributed by atoms with Gasteiger partial charge in [-0.25, -0.2) is 0 Å². The lowest BCUT2D eigenvalue weighted by Crippen LogP contribution is -2.41. The van der Waals surface area contributed by atoms with E-state index in [9.17, 15) is 0 Å². The fourth-order valence-electron chi connectivity index (χ4n) is 1.99. The van der Waals surface area contributed by atoms with Crippen LogP contribution in [0, 0.1) is 0 Å². The van der Waals surface area contributed by atoms with Crippen molar-refractivity contribution in [1.82, 2.24) is 4.57 Å². The lowest BCUT2D eigenvalue weighted by atomic mass is 9.98. The van der Waals surface area contributed by atoms with Gasteiger partial charge < -0.3 is 15.0 Å². The van der Waals surface area contributed by atoms with Crippen molar-refractivity contribution in [3.63, 3.8) is 0 Å². The molecule has 2 unspecified atom stereocenters. The van der Waals surface area contributed by atoms with Crippen LogP contribution in [-0.2, 0) is 18.2 Å². The Morgan fingerprint density at radius 3 is 3.14 bits per heavy atom. The fourth-order valence-corrected chi connectivity index (χ4v) is 1.99. The predicted octanol–water partition coefficient (Wildman–Crippen LogP) is 1.07. The van der Waals surface area contributed by atoms with Crippen LogP contribution in [0.5, 0.6) is 0 Å². The van der Waals surface area contributed by atoms with E-state index >= 15 is 0 Å². The number of nitrogens with two attached hydrogens (primary N) is 1. The van der Waals surface area contributed by atoms with Gasteiger partial charge in [0, 0.05) is 38.5 Å². The molecule has 3 heteroatoms. The quantitative estimate of drug-likeness (QED) is 0.765. The lowest BCUT2D eigenvalue weighted by Gasteiger charge is -2.28. The van der Waals surface area contributed by atoms with Crippen molar-refractivity contribution in [3.8, 4) is 0 Å². The molecule has 2 rings (SSSR count). The van der Waals surface area contributed by atoms with Crippen molar-refractivity contribution in [1.29, 1.82) is 0 Å². The van der Waals surface area contributed by atoms with Crippen LogP contribution in [0.4, 0.5) is 0 Å². The molecular weight excluding hydrogens is 176 g/mol. The smallest absolute Gasteiger partial charge is 0.0766 e. The van der Waals surface area contributed by atoms with E-state index in [1.807, 2.05) is 7.05 Å². The molecule has 1 fully saturated rings. The average Bonchev–Trinajstić information content (AvgIpc) is 2.56. The molecule has 0 saturated carbocycles. The monoisotopic (exact) mass is 194 g/mol. The first-order valence-electron chi connectivity index (χ1n) is 5.24. The molecule has 3 nitrogen and oxygen atoms in total. The SMILES string of the molecule is Cn1ccc(CC2OCCCC2N)c1. The van der Waals surface area contributed by atoms with Crippen LogP contribution < -0.4 is 5.73 Å². The second-order valence-corrected chi connectivity index (χ2v) is 4.10. The van der Waals surface area contributed by atoms with Gasteiger partial charge >= 0.3 is 0 Å². The van der Waals surface area contributed by atoms with E-state index in [-0.39, 0.29) is 12.1 Å². The molecule has 2 N–H and O–H groups in total. The van der Waals surface area contributed by atoms with Crippen molar-refractivity contribution >= 4 is 0 Å². The molecule has 1 aliphatic rings. The Balaban J connectivity index is 1.95. The van der Waals surface area contributed by atoms with Gasteiger partial charge in [-0.15, -0.1) is 0 Å². The standard InChI is InChI=1S/C11H18N2O/c1-13-5-4-9(8-13)7-11-10(12)3-2-6-14-11/h4-5,8,10-11H,2-3,6-7,12H2,1H3. The van der Waals surface area contributed by atoms with E-state index in [0.717, 1.165) is 25.9 Å². The first-order valence-corrected chi connectivity index (χ1v) is 5.24. The highest BCUT2D eigenvalue weighted by atomic mass is 16.5. The second kappa shape index (κ2) is 4.15. The van der Waals surface area contributed by atoms with Crippen molar-refractivity contribution in [3.05, 3.63) is 24.0 Å². The summed E-state index contributed by atoms with van der Waals surface area (Å²) in [6.07, 6.45) is 7.55. The van der Waals surface area contributed by atoms with Crippen LogP contribution in [0.15, 0.2) is 18.5 Å². The normalized spacial score (nSPS) is 27.9. The molecule has 0 spiro atoms. The summed E-state index contributed by atoms with van der Waals surface area (Å²) >= 11 is 0. The van der Waals surface area contributed by atoms with Gasteiger partial charge in [0.2, 0.25) is 0 Å². The molecule has 1 aliphatic heterocycles. The zero-order valence-electron chi connectivity index (χ0n) is 8.65. The van der Waals surface area contributed by atoms with Crippen molar-refractivity contribution in [2.24, 2.45) is 12.8 Å². The molecule has 0 amide bonds. The summed E-state index contributed by atoms with van der Waals surface area (Å²) in [4.78, 5) is 0. The number of rotatable bonds is 2. The van der Waals surface area contributed by atoms with Gasteiger partial charge in [0.1, 0.15) is 0 Å². The highest BCUT2D eigenvalue weighted by molar-refractivity contribution is 5.12. The summed E-state index contributed by atoms with van der Waals surface area (Å²) in [6.45, 7) is 0.866. The highest BCUT2D eigenvalue weighted by Gasteiger charge is 2.22. The van der Waals surface area contributed by atoms with Gasteiger partial charge in [-0.3, -0.25) is 0 Å². The third kappa shape index (κ3) is 2.16. The van der Waals surface area contributed by atoms with Crippen LogP contribution in [0.1, 0.15) is 18.4 Å². The van der Waals surface area contributed by atoms with Gasteiger partial charge in [0.25, 0.3) is 0 Å². The van der Waals surface area contributed by atoms with Gasteiger partial charge in [0.15, 0.2) is 0 Å². The summed E-state index contributed by atoms with van der Waals surface area (Å²) in [7, 11) is 2.03. The van der Waals surface area contributed by atoms with Gasteiger partial charge in [-0.05, 0) is 24.5 Å². The molecule has 1 aromatic rings. The van der Waals surface area contributed by atoms with Gasteiger partial charge in [-0.1, -0.05) is 0 Å². The molecule has 0 aromatic carbocycles. The molecule has 2 atom stereocenters. The van der Waals surface area contributed by atoms with Crippen molar-refractivity contribution in [2.45, 2.75) is 31.4 Å². The largest absolute Gasteiger partial charge is 0.376 e. The van der Waals surface area contributed by atoms with Crippen LogP contribution in [0.25, 0.3) is 0 Å². The minimum Gasteiger partial charge on any atom is -0.376 e. The number of nitrogens with zero attached hydrogens (tertiary/aromatic N) is 1. The molecule has 0 aliphatic carbocycles. The third-order valence-corrected chi connectivity index (χ3v) is 2.82. The highest BCUT2D eigenvalue weighted by Crippen LogP contribution is 2.16. The van der Waals surface area contributed by atoms with Crippen LogP contribution in [0.3, 0.4) is 0 Å². The van der Waals surface area contributed by atoms with E-state index in [2.05, 4.69) is 23.0 Å². The Kier molecular flexibility index (Phi) is 2.89. The molecule has 14 heavy (non-hydrogen) atoms. The number of aryl methyl sites for hydroxylation is 1. The number of hydrogen-bond donors (Lipinski definition) is 1. The summed E-state index contributed by atoms with van der Waals surface area (Å²) in [5.41, 5.74) is 7.32. The molecule has 78 valence electrons. The van der Waals surface area contributed by atoms with E-state index in [0.29, 0.717) is 0 Å². The Labute approximate surface area is 84.9 Å². The van der Waals surface area contributed by atoms with Gasteiger partial charge in [0.05, 0.1) is 6.10 Å². The van der Waals surface area contributed by atoms with Gasteiger partial charge in [-0.2, -0.15) is 0 Å². The molecule has 0 bridgehead atoms. The molecule has 0 radical (unpaired) electrons. The Hall–Kier alpha value is -0.800. The number of aromatic nitrogens is 1. The average molecular weight is 194 g/mol. The Morgan fingerprint density at radius 2 is 2.50 bits per heavy atom. The maximum Gasteiger partial charge on any atom is 0.0766 e. The second-order valence-electron chi connectivity index (χ2n) is 4.10. The summed E-state index contributed by atoms with van der Waals surface area (Å²) in [5, 5.41) is 0. The van der Waals surface area contributed by atoms with E-state index in [1.165, 1.54) is 5.56 Å². The summed E-state index contributed by atoms with van der Waals surface area (Å²) in [6, 6.07) is 2.34. The number of ether oxygens (including phenoxy) is 1. The molecule has 1 aromatic heterocycles. The fraction of sp³-hybridized carbons (Fsp3) is 0.636. The summed E-state index contributed by atoms with van der Waals surface area (Å²) < 4.78 is 7.73. The van der Waals surface area contributed by atoms with E-state index in [4.69, 9.17) is 10.5 Å². The van der Waals surface area contributed by atoms with Crippen LogP contribution in [0.2, 0.25) is 0 Å². The molecular formula is C11H18N2O. The van der Waals surface area contributed by atoms with E-state index < -0.39 is 0 Å². The van der Waals surface area contributed by atoms with Crippen molar-refractivity contribution < 1.29 is 4.74 Å². The Morgan fingerprint density at radius 1 is 1.64 bits per heavy atom. The maximum atomic E-state index is 6.00. The predicted molar refractivity (Wildman–Crippen MR) is 56.1 cm³/mol.